The second kappa shape index (κ2) is 5.44. The van der Waals surface area contributed by atoms with E-state index in [1.54, 1.807) is 0 Å². The summed E-state index contributed by atoms with van der Waals surface area (Å²) >= 11 is 0. The minimum atomic E-state index is -0.0856. The Hall–Kier alpha value is -2.55. The van der Waals surface area contributed by atoms with E-state index in [1.807, 2.05) is 30.3 Å². The first-order chi connectivity index (χ1) is 10.1. The maximum atomic E-state index is 12.1. The van der Waals surface area contributed by atoms with E-state index < -0.39 is 0 Å². The Balaban J connectivity index is 1.86. The van der Waals surface area contributed by atoms with Crippen molar-refractivity contribution in [2.24, 2.45) is 0 Å². The molecule has 0 spiro atoms. The van der Waals surface area contributed by atoms with Crippen LogP contribution in [0.2, 0.25) is 0 Å². The van der Waals surface area contributed by atoms with Crippen LogP contribution in [-0.4, -0.2) is 4.98 Å². The normalized spacial score (nSPS) is 10.8. The molecule has 2 N–H and O–H groups in total. The van der Waals surface area contributed by atoms with Crippen molar-refractivity contribution >= 4 is 16.6 Å². The van der Waals surface area contributed by atoms with E-state index in [-0.39, 0.29) is 5.56 Å². The van der Waals surface area contributed by atoms with E-state index in [0.29, 0.717) is 12.2 Å². The van der Waals surface area contributed by atoms with Gasteiger partial charge in [-0.15, -0.1) is 0 Å². The summed E-state index contributed by atoms with van der Waals surface area (Å²) in [5.74, 6) is 0. The lowest BCUT2D eigenvalue weighted by atomic mass is 10.1. The number of aryl methyl sites for hydroxylation is 2. The summed E-state index contributed by atoms with van der Waals surface area (Å²) in [7, 11) is 0. The largest absolute Gasteiger partial charge is 0.376 e. The molecule has 3 aromatic rings. The monoisotopic (exact) mass is 278 g/mol. The molecule has 3 rings (SSSR count). The minimum absolute atomic E-state index is 0.0856. The van der Waals surface area contributed by atoms with Crippen molar-refractivity contribution < 1.29 is 0 Å². The molecule has 0 fully saturated rings. The summed E-state index contributed by atoms with van der Waals surface area (Å²) in [5.41, 5.74) is 5.10. The first kappa shape index (κ1) is 13.4. The Labute approximate surface area is 123 Å². The van der Waals surface area contributed by atoms with Gasteiger partial charge in [0, 0.05) is 17.4 Å². The summed E-state index contributed by atoms with van der Waals surface area (Å²) in [6.45, 7) is 4.84. The highest BCUT2D eigenvalue weighted by Crippen LogP contribution is 2.14. The number of hydrogen-bond acceptors (Lipinski definition) is 2. The zero-order valence-corrected chi connectivity index (χ0v) is 12.2. The minimum Gasteiger partial charge on any atom is -0.376 e. The van der Waals surface area contributed by atoms with E-state index in [0.717, 1.165) is 10.9 Å². The van der Waals surface area contributed by atoms with E-state index in [2.05, 4.69) is 42.3 Å². The molecule has 21 heavy (non-hydrogen) atoms. The Morgan fingerprint density at radius 1 is 1.00 bits per heavy atom. The van der Waals surface area contributed by atoms with E-state index >= 15 is 0 Å². The number of benzene rings is 2. The third kappa shape index (κ3) is 2.82. The fourth-order valence-corrected chi connectivity index (χ4v) is 2.39. The third-order valence-electron chi connectivity index (χ3n) is 3.81. The number of para-hydroxylation sites is 1. The third-order valence-corrected chi connectivity index (χ3v) is 3.81. The SMILES string of the molecule is Cc1ccc(CNc2cc3ccccc3[nH]c2=O)cc1C. The Kier molecular flexibility index (Phi) is 3.48. The van der Waals surface area contributed by atoms with Crippen LogP contribution in [0.5, 0.6) is 0 Å². The first-order valence-corrected chi connectivity index (χ1v) is 7.05. The van der Waals surface area contributed by atoms with Crippen LogP contribution in [0.25, 0.3) is 10.9 Å². The molecule has 0 amide bonds. The molecule has 0 saturated carbocycles. The Morgan fingerprint density at radius 2 is 1.81 bits per heavy atom. The maximum absolute atomic E-state index is 12.1. The summed E-state index contributed by atoms with van der Waals surface area (Å²) in [6.07, 6.45) is 0. The molecule has 0 saturated heterocycles. The molecule has 106 valence electrons. The zero-order valence-electron chi connectivity index (χ0n) is 12.2. The highest BCUT2D eigenvalue weighted by Gasteiger charge is 2.03. The molecule has 3 nitrogen and oxygen atoms in total. The quantitative estimate of drug-likeness (QED) is 0.766. The van der Waals surface area contributed by atoms with Crippen molar-refractivity contribution in [2.45, 2.75) is 20.4 Å². The number of fused-ring (bicyclic) bond motifs is 1. The van der Waals surface area contributed by atoms with Gasteiger partial charge < -0.3 is 10.3 Å². The van der Waals surface area contributed by atoms with Crippen LogP contribution in [0.4, 0.5) is 5.69 Å². The lowest BCUT2D eigenvalue weighted by Gasteiger charge is -2.09. The fraction of sp³-hybridized carbons (Fsp3) is 0.167. The molecular formula is C18H18N2O. The molecule has 0 radical (unpaired) electrons. The van der Waals surface area contributed by atoms with Crippen molar-refractivity contribution in [3.05, 3.63) is 75.6 Å². The number of aromatic nitrogens is 1. The van der Waals surface area contributed by atoms with Crippen LogP contribution in [0.15, 0.2) is 53.3 Å². The summed E-state index contributed by atoms with van der Waals surface area (Å²) in [6, 6.07) is 16.0. The second-order valence-corrected chi connectivity index (χ2v) is 5.37. The Bertz CT molecular complexity index is 849. The van der Waals surface area contributed by atoms with Crippen LogP contribution < -0.4 is 10.9 Å². The van der Waals surface area contributed by atoms with Gasteiger partial charge in [-0.3, -0.25) is 4.79 Å². The van der Waals surface area contributed by atoms with Gasteiger partial charge >= 0.3 is 0 Å². The standard InChI is InChI=1S/C18H18N2O/c1-12-7-8-14(9-13(12)2)11-19-17-10-15-5-3-4-6-16(15)20-18(17)21/h3-10,19H,11H2,1-2H3,(H,20,21). The summed E-state index contributed by atoms with van der Waals surface area (Å²) < 4.78 is 0. The average molecular weight is 278 g/mol. The number of nitrogens with one attached hydrogen (secondary N) is 2. The van der Waals surface area contributed by atoms with Gasteiger partial charge in [-0.25, -0.2) is 0 Å². The first-order valence-electron chi connectivity index (χ1n) is 7.05. The number of H-pyrrole nitrogens is 1. The van der Waals surface area contributed by atoms with Gasteiger partial charge in [-0.1, -0.05) is 36.4 Å². The van der Waals surface area contributed by atoms with Crippen molar-refractivity contribution in [1.82, 2.24) is 4.98 Å². The fourth-order valence-electron chi connectivity index (χ4n) is 2.39. The lowest BCUT2D eigenvalue weighted by molar-refractivity contribution is 1.11. The van der Waals surface area contributed by atoms with Crippen LogP contribution in [0.1, 0.15) is 16.7 Å². The number of rotatable bonds is 3. The second-order valence-electron chi connectivity index (χ2n) is 5.37. The predicted octanol–water partition coefficient (Wildman–Crippen LogP) is 3.76. The van der Waals surface area contributed by atoms with Crippen molar-refractivity contribution in [3.63, 3.8) is 0 Å². The van der Waals surface area contributed by atoms with Gasteiger partial charge in [0.25, 0.3) is 5.56 Å². The molecule has 0 unspecified atom stereocenters. The molecular weight excluding hydrogens is 260 g/mol. The van der Waals surface area contributed by atoms with E-state index in [4.69, 9.17) is 0 Å². The molecule has 0 aliphatic heterocycles. The number of anilines is 1. The molecule has 0 aliphatic carbocycles. The van der Waals surface area contributed by atoms with Crippen LogP contribution >= 0.6 is 0 Å². The van der Waals surface area contributed by atoms with Gasteiger partial charge in [0.15, 0.2) is 0 Å². The van der Waals surface area contributed by atoms with E-state index in [9.17, 15) is 4.79 Å². The molecule has 2 aromatic carbocycles. The van der Waals surface area contributed by atoms with Crippen molar-refractivity contribution in [1.29, 1.82) is 0 Å². The van der Waals surface area contributed by atoms with Crippen molar-refractivity contribution in [2.75, 3.05) is 5.32 Å². The molecule has 0 atom stereocenters. The number of aromatic amines is 1. The highest BCUT2D eigenvalue weighted by molar-refractivity contribution is 5.81. The zero-order chi connectivity index (χ0) is 14.8. The van der Waals surface area contributed by atoms with Crippen LogP contribution in [0.3, 0.4) is 0 Å². The van der Waals surface area contributed by atoms with Gasteiger partial charge in [-0.2, -0.15) is 0 Å². The highest BCUT2D eigenvalue weighted by atomic mass is 16.1. The average Bonchev–Trinajstić information content (AvgIpc) is 2.48. The van der Waals surface area contributed by atoms with Gasteiger partial charge in [-0.05, 0) is 42.7 Å². The smallest absolute Gasteiger partial charge is 0.271 e. The van der Waals surface area contributed by atoms with Crippen molar-refractivity contribution in [3.8, 4) is 0 Å². The summed E-state index contributed by atoms with van der Waals surface area (Å²) in [5, 5.41) is 4.25. The predicted molar refractivity (Wildman–Crippen MR) is 87.8 cm³/mol. The van der Waals surface area contributed by atoms with Gasteiger partial charge in [0.2, 0.25) is 0 Å². The lowest BCUT2D eigenvalue weighted by Crippen LogP contribution is -2.13. The number of hydrogen-bond donors (Lipinski definition) is 2. The molecule has 3 heteroatoms. The van der Waals surface area contributed by atoms with Crippen LogP contribution in [0, 0.1) is 13.8 Å². The molecule has 1 heterocycles. The van der Waals surface area contributed by atoms with Gasteiger partial charge in [0.1, 0.15) is 5.69 Å². The molecule has 1 aromatic heterocycles. The molecule has 0 bridgehead atoms. The Morgan fingerprint density at radius 3 is 2.62 bits per heavy atom. The maximum Gasteiger partial charge on any atom is 0.271 e. The van der Waals surface area contributed by atoms with Crippen LogP contribution in [-0.2, 0) is 6.54 Å². The topological polar surface area (TPSA) is 44.9 Å². The van der Waals surface area contributed by atoms with E-state index in [1.165, 1.54) is 16.7 Å². The molecule has 0 aliphatic rings. The summed E-state index contributed by atoms with van der Waals surface area (Å²) in [4.78, 5) is 15.0. The number of pyridine rings is 1. The van der Waals surface area contributed by atoms with Gasteiger partial charge in [0.05, 0.1) is 0 Å².